The molecule has 2 saturated carbocycles. The van der Waals surface area contributed by atoms with Gasteiger partial charge in [0.1, 0.15) is 0 Å². The molecule has 4 aliphatic rings. The third-order valence-electron chi connectivity index (χ3n) is 8.01. The second-order valence-corrected chi connectivity index (χ2v) is 9.66. The highest BCUT2D eigenvalue weighted by Crippen LogP contribution is 2.41. The maximum absolute atomic E-state index is 13.1. The van der Waals surface area contributed by atoms with Crippen LogP contribution >= 0.6 is 0 Å². The van der Waals surface area contributed by atoms with Crippen LogP contribution in [0.1, 0.15) is 83.5 Å². The van der Waals surface area contributed by atoms with Gasteiger partial charge in [-0.2, -0.15) is 0 Å². The van der Waals surface area contributed by atoms with Crippen LogP contribution in [0.5, 0.6) is 0 Å². The van der Waals surface area contributed by atoms with Gasteiger partial charge in [0, 0.05) is 38.5 Å². The Bertz CT molecular complexity index is 528. The van der Waals surface area contributed by atoms with Crippen LogP contribution in [0, 0.1) is 23.7 Å². The third kappa shape index (κ3) is 4.51. The number of likely N-dealkylation sites (tertiary alicyclic amines) is 2. The van der Waals surface area contributed by atoms with E-state index in [0.717, 1.165) is 57.3 Å². The predicted molar refractivity (Wildman–Crippen MR) is 107 cm³/mol. The summed E-state index contributed by atoms with van der Waals surface area (Å²) in [5, 5.41) is 0. The van der Waals surface area contributed by atoms with Crippen LogP contribution in [0.3, 0.4) is 0 Å². The molecule has 4 heteroatoms. The van der Waals surface area contributed by atoms with Crippen molar-refractivity contribution >= 4 is 11.8 Å². The minimum absolute atomic E-state index is 0.259. The maximum atomic E-state index is 13.1. The van der Waals surface area contributed by atoms with Crippen LogP contribution in [0.4, 0.5) is 0 Å². The lowest BCUT2D eigenvalue weighted by atomic mass is 9.69. The van der Waals surface area contributed by atoms with Crippen LogP contribution in [-0.2, 0) is 9.59 Å². The van der Waals surface area contributed by atoms with Gasteiger partial charge in [-0.25, -0.2) is 0 Å². The number of carbonyl (C=O) groups excluding carboxylic acids is 2. The zero-order chi connectivity index (χ0) is 18.6. The van der Waals surface area contributed by atoms with Crippen molar-refractivity contribution in [1.82, 2.24) is 9.80 Å². The van der Waals surface area contributed by atoms with Crippen molar-refractivity contribution in [2.45, 2.75) is 83.5 Å². The van der Waals surface area contributed by atoms with Gasteiger partial charge in [-0.3, -0.25) is 9.59 Å². The van der Waals surface area contributed by atoms with Crippen molar-refractivity contribution in [2.75, 3.05) is 26.2 Å². The Hall–Kier alpha value is -1.06. The van der Waals surface area contributed by atoms with E-state index in [9.17, 15) is 9.59 Å². The Labute approximate surface area is 165 Å². The highest BCUT2D eigenvalue weighted by atomic mass is 16.2. The molecule has 2 aliphatic heterocycles. The van der Waals surface area contributed by atoms with Crippen molar-refractivity contribution in [3.8, 4) is 0 Å². The molecule has 0 radical (unpaired) electrons. The monoisotopic (exact) mass is 374 g/mol. The number of hydrogen-bond acceptors (Lipinski definition) is 2. The Morgan fingerprint density at radius 1 is 0.741 bits per heavy atom. The molecule has 0 bridgehead atoms. The summed E-state index contributed by atoms with van der Waals surface area (Å²) < 4.78 is 0. The number of rotatable bonds is 5. The summed E-state index contributed by atoms with van der Waals surface area (Å²) in [6.07, 6.45) is 15.3. The lowest BCUT2D eigenvalue weighted by Crippen LogP contribution is -2.50. The zero-order valence-corrected chi connectivity index (χ0v) is 17.0. The van der Waals surface area contributed by atoms with Crippen molar-refractivity contribution in [1.29, 1.82) is 0 Å². The SMILES string of the molecule is O=C(CCCC1CCC1C(=O)N1CCC2CCCCC2C1)N1CCCCC1. The normalized spacial score (nSPS) is 33.9. The summed E-state index contributed by atoms with van der Waals surface area (Å²) in [6, 6.07) is 0. The van der Waals surface area contributed by atoms with Crippen LogP contribution in [0.15, 0.2) is 0 Å². The maximum Gasteiger partial charge on any atom is 0.225 e. The average Bonchev–Trinajstić information content (AvgIpc) is 2.70. The first-order valence-electron chi connectivity index (χ1n) is 11.8. The average molecular weight is 375 g/mol. The Balaban J connectivity index is 1.19. The zero-order valence-electron chi connectivity index (χ0n) is 17.0. The fourth-order valence-corrected chi connectivity index (χ4v) is 6.09. The number of piperidine rings is 2. The summed E-state index contributed by atoms with van der Waals surface area (Å²) in [4.78, 5) is 29.7. The first-order valence-corrected chi connectivity index (χ1v) is 11.8. The van der Waals surface area contributed by atoms with Crippen LogP contribution in [-0.4, -0.2) is 47.8 Å². The lowest BCUT2D eigenvalue weighted by Gasteiger charge is -2.45. The Morgan fingerprint density at radius 2 is 1.52 bits per heavy atom. The van der Waals surface area contributed by atoms with E-state index in [1.54, 1.807) is 0 Å². The smallest absolute Gasteiger partial charge is 0.225 e. The van der Waals surface area contributed by atoms with E-state index in [0.29, 0.717) is 24.2 Å². The Kier molecular flexibility index (Phi) is 6.39. The van der Waals surface area contributed by atoms with Crippen molar-refractivity contribution in [2.24, 2.45) is 23.7 Å². The summed E-state index contributed by atoms with van der Waals surface area (Å²) in [5.41, 5.74) is 0. The lowest BCUT2D eigenvalue weighted by molar-refractivity contribution is -0.144. The van der Waals surface area contributed by atoms with E-state index >= 15 is 0 Å². The minimum Gasteiger partial charge on any atom is -0.343 e. The van der Waals surface area contributed by atoms with Gasteiger partial charge in [0.15, 0.2) is 0 Å². The van der Waals surface area contributed by atoms with Crippen LogP contribution < -0.4 is 0 Å². The minimum atomic E-state index is 0.259. The van der Waals surface area contributed by atoms with Gasteiger partial charge in [-0.05, 0) is 75.5 Å². The van der Waals surface area contributed by atoms with E-state index in [1.807, 2.05) is 0 Å². The molecule has 2 saturated heterocycles. The topological polar surface area (TPSA) is 40.6 Å². The molecular formula is C23H38N2O2. The molecule has 0 aromatic rings. The van der Waals surface area contributed by atoms with Crippen molar-refractivity contribution in [3.05, 3.63) is 0 Å². The fraction of sp³-hybridized carbons (Fsp3) is 0.913. The summed E-state index contributed by atoms with van der Waals surface area (Å²) in [6.45, 7) is 3.94. The highest BCUT2D eigenvalue weighted by Gasteiger charge is 2.41. The van der Waals surface area contributed by atoms with Crippen LogP contribution in [0.2, 0.25) is 0 Å². The molecular weight excluding hydrogens is 336 g/mol. The summed E-state index contributed by atoms with van der Waals surface area (Å²) >= 11 is 0. The molecule has 2 aliphatic carbocycles. The third-order valence-corrected chi connectivity index (χ3v) is 8.01. The molecule has 27 heavy (non-hydrogen) atoms. The first-order chi connectivity index (χ1) is 13.2. The standard InChI is InChI=1S/C23H38N2O2/c26-22(24-14-4-1-5-15-24)10-6-9-19-11-12-21(19)23(27)25-16-13-18-7-2-3-8-20(18)17-25/h18-21H,1-17H2. The molecule has 0 aromatic heterocycles. The van der Waals surface area contributed by atoms with Gasteiger partial charge in [-0.1, -0.05) is 19.3 Å². The molecule has 0 N–H and O–H groups in total. The molecule has 4 nitrogen and oxygen atoms in total. The molecule has 4 rings (SSSR count). The molecule has 0 aromatic carbocycles. The van der Waals surface area contributed by atoms with E-state index in [2.05, 4.69) is 9.80 Å². The second-order valence-electron chi connectivity index (χ2n) is 9.66. The van der Waals surface area contributed by atoms with E-state index < -0.39 is 0 Å². The highest BCUT2D eigenvalue weighted by molar-refractivity contribution is 5.80. The van der Waals surface area contributed by atoms with E-state index in [1.165, 1.54) is 57.8 Å². The number of fused-ring (bicyclic) bond motifs is 1. The first kappa shape index (κ1) is 19.3. The fourth-order valence-electron chi connectivity index (χ4n) is 6.09. The molecule has 4 unspecified atom stereocenters. The molecule has 0 spiro atoms. The van der Waals surface area contributed by atoms with Crippen molar-refractivity contribution < 1.29 is 9.59 Å². The van der Waals surface area contributed by atoms with Crippen LogP contribution in [0.25, 0.3) is 0 Å². The van der Waals surface area contributed by atoms with Gasteiger partial charge >= 0.3 is 0 Å². The number of amides is 2. The summed E-state index contributed by atoms with van der Waals surface area (Å²) in [5.74, 6) is 3.25. The number of carbonyl (C=O) groups is 2. The second kappa shape index (κ2) is 8.96. The van der Waals surface area contributed by atoms with E-state index in [-0.39, 0.29) is 5.92 Å². The van der Waals surface area contributed by atoms with Gasteiger partial charge in [0.25, 0.3) is 0 Å². The van der Waals surface area contributed by atoms with E-state index in [4.69, 9.17) is 0 Å². The van der Waals surface area contributed by atoms with Gasteiger partial charge in [-0.15, -0.1) is 0 Å². The number of nitrogens with zero attached hydrogens (tertiary/aromatic N) is 2. The molecule has 152 valence electrons. The van der Waals surface area contributed by atoms with Gasteiger partial charge < -0.3 is 9.80 Å². The largest absolute Gasteiger partial charge is 0.343 e. The van der Waals surface area contributed by atoms with Gasteiger partial charge in [0.2, 0.25) is 11.8 Å². The Morgan fingerprint density at radius 3 is 2.26 bits per heavy atom. The summed E-state index contributed by atoms with van der Waals surface area (Å²) in [7, 11) is 0. The van der Waals surface area contributed by atoms with Gasteiger partial charge in [0.05, 0.1) is 0 Å². The number of hydrogen-bond donors (Lipinski definition) is 0. The van der Waals surface area contributed by atoms with Crippen molar-refractivity contribution in [3.63, 3.8) is 0 Å². The molecule has 4 fully saturated rings. The predicted octanol–water partition coefficient (Wildman–Crippen LogP) is 4.23. The molecule has 2 heterocycles. The molecule has 2 amide bonds. The quantitative estimate of drug-likeness (QED) is 0.722. The molecule has 4 atom stereocenters.